The van der Waals surface area contributed by atoms with E-state index in [0.29, 0.717) is 42.3 Å². The third kappa shape index (κ3) is 6.13. The van der Waals surface area contributed by atoms with Gasteiger partial charge >= 0.3 is 0 Å². The lowest BCUT2D eigenvalue weighted by Crippen LogP contribution is -2.35. The molecule has 2 aliphatic rings. The molecule has 0 bridgehead atoms. The summed E-state index contributed by atoms with van der Waals surface area (Å²) in [5, 5.41) is 5.99. The third-order valence-corrected chi connectivity index (χ3v) is 8.52. The minimum atomic E-state index is -0.644. The number of nitrogens with one attached hydrogen (secondary N) is 2. The molecule has 1 fully saturated rings. The second kappa shape index (κ2) is 12.7. The summed E-state index contributed by atoms with van der Waals surface area (Å²) >= 11 is 0. The highest BCUT2D eigenvalue weighted by Gasteiger charge is 2.47. The van der Waals surface area contributed by atoms with Gasteiger partial charge in [-0.1, -0.05) is 24.3 Å². The number of aryl methyl sites for hydroxylation is 1. The van der Waals surface area contributed by atoms with Gasteiger partial charge in [0.25, 0.3) is 5.91 Å². The topological polar surface area (TPSA) is 98.8 Å². The summed E-state index contributed by atoms with van der Waals surface area (Å²) in [6.45, 7) is 2.91. The van der Waals surface area contributed by atoms with E-state index in [-0.39, 0.29) is 17.6 Å². The van der Waals surface area contributed by atoms with Crippen LogP contribution in [0.4, 0.5) is 4.39 Å². The quantitative estimate of drug-likeness (QED) is 0.203. The summed E-state index contributed by atoms with van der Waals surface area (Å²) in [7, 11) is 3.23. The van der Waals surface area contributed by atoms with E-state index in [0.717, 1.165) is 40.8 Å². The molecule has 2 N–H and O–H groups in total. The summed E-state index contributed by atoms with van der Waals surface area (Å²) in [5.41, 5.74) is 4.74. The number of hydrogen-bond acceptors (Lipinski definition) is 6. The monoisotopic (exact) mass is 609 g/mol. The molecule has 8 nitrogen and oxygen atoms in total. The zero-order valence-corrected chi connectivity index (χ0v) is 25.6. The van der Waals surface area contributed by atoms with Crippen LogP contribution in [0.1, 0.15) is 64.0 Å². The van der Waals surface area contributed by atoms with E-state index in [2.05, 4.69) is 15.6 Å². The van der Waals surface area contributed by atoms with Gasteiger partial charge in [-0.25, -0.2) is 4.39 Å². The number of rotatable bonds is 11. The summed E-state index contributed by atoms with van der Waals surface area (Å²) in [5.74, 6) is -0.379. The average Bonchev–Trinajstić information content (AvgIpc) is 3.74. The van der Waals surface area contributed by atoms with Crippen molar-refractivity contribution in [3.8, 4) is 22.6 Å². The van der Waals surface area contributed by atoms with Crippen molar-refractivity contribution in [2.45, 2.75) is 43.7 Å². The van der Waals surface area contributed by atoms with Crippen LogP contribution in [-0.2, 0) is 15.1 Å². The van der Waals surface area contributed by atoms with E-state index in [9.17, 15) is 14.0 Å². The molecular formula is C36H36FN3O5. The summed E-state index contributed by atoms with van der Waals surface area (Å²) < 4.78 is 31.2. The summed E-state index contributed by atoms with van der Waals surface area (Å²) in [4.78, 5) is 31.6. The SMILES string of the molecule is CNC(=O)C1c2cc(-c3cc(C(=O)NC4(c5ccccn5)CC4)c(OCCCOC)cc3C)ccc2OC1c1ccc(F)cc1. The van der Waals surface area contributed by atoms with Crippen LogP contribution in [0.25, 0.3) is 11.1 Å². The first-order valence-corrected chi connectivity index (χ1v) is 15.1. The Morgan fingerprint density at radius 3 is 2.53 bits per heavy atom. The van der Waals surface area contributed by atoms with Gasteiger partial charge in [-0.3, -0.25) is 14.6 Å². The number of likely N-dealkylation sites (N-methyl/N-ethyl adjacent to an activating group) is 1. The fourth-order valence-electron chi connectivity index (χ4n) is 5.96. The van der Waals surface area contributed by atoms with Gasteiger partial charge in [-0.2, -0.15) is 0 Å². The van der Waals surface area contributed by atoms with Gasteiger partial charge in [-0.05, 0) is 90.6 Å². The minimum absolute atomic E-state index is 0.207. The van der Waals surface area contributed by atoms with E-state index in [1.165, 1.54) is 12.1 Å². The van der Waals surface area contributed by atoms with Crippen molar-refractivity contribution in [3.63, 3.8) is 0 Å². The Kier molecular flexibility index (Phi) is 8.54. The molecule has 2 amide bonds. The van der Waals surface area contributed by atoms with E-state index in [1.54, 1.807) is 32.5 Å². The number of carbonyl (C=O) groups is 2. The lowest BCUT2D eigenvalue weighted by molar-refractivity contribution is -0.123. The second-order valence-electron chi connectivity index (χ2n) is 11.5. The van der Waals surface area contributed by atoms with E-state index in [4.69, 9.17) is 14.2 Å². The number of pyridine rings is 1. The number of amides is 2. The van der Waals surface area contributed by atoms with Crippen LogP contribution in [-0.4, -0.2) is 44.2 Å². The molecule has 45 heavy (non-hydrogen) atoms. The number of fused-ring (bicyclic) bond motifs is 1. The Morgan fingerprint density at radius 2 is 1.84 bits per heavy atom. The Labute approximate surface area is 261 Å². The molecule has 0 saturated heterocycles. The van der Waals surface area contributed by atoms with Gasteiger partial charge in [0, 0.05) is 38.9 Å². The normalized spacial score (nSPS) is 17.6. The fourth-order valence-corrected chi connectivity index (χ4v) is 5.96. The van der Waals surface area contributed by atoms with Crippen LogP contribution < -0.4 is 20.1 Å². The van der Waals surface area contributed by atoms with Gasteiger partial charge in [0.05, 0.1) is 23.4 Å². The van der Waals surface area contributed by atoms with Gasteiger partial charge in [0.2, 0.25) is 5.91 Å². The zero-order chi connectivity index (χ0) is 31.6. The molecular weight excluding hydrogens is 573 g/mol. The van der Waals surface area contributed by atoms with Crippen molar-refractivity contribution in [1.29, 1.82) is 0 Å². The second-order valence-corrected chi connectivity index (χ2v) is 11.5. The number of nitrogens with zero attached hydrogens (tertiary/aromatic N) is 1. The maximum absolute atomic E-state index is 13.9. The molecule has 1 saturated carbocycles. The molecule has 1 aliphatic carbocycles. The number of halogens is 1. The number of hydrogen-bond donors (Lipinski definition) is 2. The van der Waals surface area contributed by atoms with Crippen LogP contribution >= 0.6 is 0 Å². The smallest absolute Gasteiger partial charge is 0.255 e. The van der Waals surface area contributed by atoms with E-state index >= 15 is 0 Å². The van der Waals surface area contributed by atoms with Crippen molar-refractivity contribution >= 4 is 11.8 Å². The fraction of sp³-hybridized carbons (Fsp3) is 0.306. The average molecular weight is 610 g/mol. The van der Waals surface area contributed by atoms with Crippen molar-refractivity contribution in [2.24, 2.45) is 0 Å². The Bertz CT molecular complexity index is 1710. The number of carbonyl (C=O) groups excluding carboxylic acids is 2. The highest BCUT2D eigenvalue weighted by atomic mass is 19.1. The first-order chi connectivity index (χ1) is 21.8. The predicted molar refractivity (Wildman–Crippen MR) is 168 cm³/mol. The predicted octanol–water partition coefficient (Wildman–Crippen LogP) is 5.99. The van der Waals surface area contributed by atoms with Crippen molar-refractivity contribution in [3.05, 3.63) is 113 Å². The molecule has 2 atom stereocenters. The summed E-state index contributed by atoms with van der Waals surface area (Å²) in [6, 6.07) is 21.2. The standard InChI is InChI=1S/C36H36FN3O5/c1-22-19-30(44-18-6-17-43-3)28(34(41)40-36(14-15-36)31-7-4-5-16-39-31)21-26(22)24-10-13-29-27(20-24)32(35(42)38-2)33(45-29)23-8-11-25(37)12-9-23/h4-5,7-13,16,19-21,32-33H,6,14-15,17-18H2,1-3H3,(H,38,42)(H,40,41). The third-order valence-electron chi connectivity index (χ3n) is 8.52. The van der Waals surface area contributed by atoms with Crippen LogP contribution in [0.3, 0.4) is 0 Å². The minimum Gasteiger partial charge on any atom is -0.493 e. The Morgan fingerprint density at radius 1 is 1.04 bits per heavy atom. The molecule has 1 aromatic heterocycles. The van der Waals surface area contributed by atoms with Crippen molar-refractivity contribution in [1.82, 2.24) is 15.6 Å². The molecule has 2 unspecified atom stereocenters. The molecule has 232 valence electrons. The highest BCUT2D eigenvalue weighted by Crippen LogP contribution is 2.48. The van der Waals surface area contributed by atoms with Gasteiger partial charge in [0.15, 0.2) is 0 Å². The van der Waals surface area contributed by atoms with Gasteiger partial charge in [-0.15, -0.1) is 0 Å². The van der Waals surface area contributed by atoms with Crippen LogP contribution in [0.5, 0.6) is 11.5 Å². The van der Waals surface area contributed by atoms with Crippen LogP contribution in [0, 0.1) is 12.7 Å². The molecule has 0 spiro atoms. The Balaban J connectivity index is 1.36. The van der Waals surface area contributed by atoms with Crippen LogP contribution in [0.2, 0.25) is 0 Å². The molecule has 2 heterocycles. The molecule has 3 aromatic carbocycles. The van der Waals surface area contributed by atoms with Crippen LogP contribution in [0.15, 0.2) is 79.0 Å². The number of methoxy groups -OCH3 is 1. The molecule has 9 heteroatoms. The molecule has 6 rings (SSSR count). The maximum atomic E-state index is 13.9. The highest BCUT2D eigenvalue weighted by molar-refractivity contribution is 5.99. The van der Waals surface area contributed by atoms with E-state index < -0.39 is 17.6 Å². The lowest BCUT2D eigenvalue weighted by Gasteiger charge is -2.20. The van der Waals surface area contributed by atoms with Crippen molar-refractivity contribution in [2.75, 3.05) is 27.4 Å². The maximum Gasteiger partial charge on any atom is 0.255 e. The van der Waals surface area contributed by atoms with Gasteiger partial charge < -0.3 is 24.8 Å². The first-order valence-electron chi connectivity index (χ1n) is 15.1. The van der Waals surface area contributed by atoms with Gasteiger partial charge in [0.1, 0.15) is 29.3 Å². The molecule has 4 aromatic rings. The number of benzene rings is 3. The van der Waals surface area contributed by atoms with Crippen molar-refractivity contribution < 1.29 is 28.2 Å². The number of ether oxygens (including phenoxy) is 3. The van der Waals surface area contributed by atoms with E-state index in [1.807, 2.05) is 55.5 Å². The number of aromatic nitrogens is 1. The largest absolute Gasteiger partial charge is 0.493 e. The lowest BCUT2D eigenvalue weighted by atomic mass is 9.88. The molecule has 0 radical (unpaired) electrons. The first kappa shape index (κ1) is 30.3. The Hall–Kier alpha value is -4.76. The summed E-state index contributed by atoms with van der Waals surface area (Å²) in [6.07, 6.45) is 3.42. The zero-order valence-electron chi connectivity index (χ0n) is 25.6. The molecule has 1 aliphatic heterocycles.